The highest BCUT2D eigenvalue weighted by atomic mass is 32.1. The fourth-order valence-corrected chi connectivity index (χ4v) is 9.61. The number of hydrogen-bond acceptors (Lipinski definition) is 4. The molecular weight excluding hydrogens is 643 g/mol. The van der Waals surface area contributed by atoms with Gasteiger partial charge < -0.3 is 4.42 Å². The normalized spacial score (nSPS) is 12.3. The molecule has 0 aliphatic heterocycles. The number of rotatable bonds is 2. The maximum absolute atomic E-state index is 6.60. The van der Waals surface area contributed by atoms with Crippen molar-refractivity contribution in [3.8, 4) is 17.2 Å². The number of furan rings is 1. The molecule has 5 heteroatoms. The van der Waals surface area contributed by atoms with Crippen LogP contribution in [-0.2, 0) is 0 Å². The van der Waals surface area contributed by atoms with Crippen LogP contribution in [-0.4, -0.2) is 14.5 Å². The maximum Gasteiger partial charge on any atom is 0.236 e. The Hall–Kier alpha value is -6.56. The first kappa shape index (κ1) is 27.3. The van der Waals surface area contributed by atoms with Crippen LogP contribution in [0.4, 0.5) is 0 Å². The van der Waals surface area contributed by atoms with Crippen molar-refractivity contribution in [2.45, 2.75) is 0 Å². The van der Waals surface area contributed by atoms with Crippen LogP contribution < -0.4 is 0 Å². The minimum absolute atomic E-state index is 0.623. The van der Waals surface area contributed by atoms with Crippen LogP contribution in [0.25, 0.3) is 114 Å². The van der Waals surface area contributed by atoms with E-state index in [0.717, 1.165) is 44.2 Å². The number of para-hydroxylation sites is 2. The van der Waals surface area contributed by atoms with Crippen molar-refractivity contribution in [1.82, 2.24) is 14.5 Å². The molecule has 0 radical (unpaired) electrons. The van der Waals surface area contributed by atoms with Crippen molar-refractivity contribution in [3.05, 3.63) is 152 Å². The van der Waals surface area contributed by atoms with Crippen LogP contribution in [0.5, 0.6) is 0 Å². The Bertz CT molecular complexity index is 3440. The lowest BCUT2D eigenvalue weighted by Gasteiger charge is -2.12. The van der Waals surface area contributed by atoms with E-state index in [1.165, 1.54) is 57.9 Å². The van der Waals surface area contributed by atoms with Gasteiger partial charge in [0.05, 0.1) is 11.0 Å². The Balaban J connectivity index is 1.25. The zero-order chi connectivity index (χ0) is 33.2. The minimum atomic E-state index is 0.623. The molecule has 12 rings (SSSR count). The molecule has 0 unspecified atom stereocenters. The van der Waals surface area contributed by atoms with Gasteiger partial charge in [-0.3, -0.25) is 4.57 Å². The molecule has 4 heterocycles. The van der Waals surface area contributed by atoms with Gasteiger partial charge in [-0.05, 0) is 51.9 Å². The summed E-state index contributed by atoms with van der Waals surface area (Å²) in [5, 5.41) is 13.2. The molecular formula is C46H25N3OS. The van der Waals surface area contributed by atoms with E-state index in [-0.39, 0.29) is 0 Å². The molecule has 0 amide bonds. The molecule has 8 aromatic carbocycles. The van der Waals surface area contributed by atoms with Crippen molar-refractivity contribution in [1.29, 1.82) is 0 Å². The monoisotopic (exact) mass is 667 g/mol. The van der Waals surface area contributed by atoms with Crippen molar-refractivity contribution in [2.75, 3.05) is 0 Å². The Labute approximate surface area is 294 Å². The predicted molar refractivity (Wildman–Crippen MR) is 214 cm³/mol. The first-order valence-corrected chi connectivity index (χ1v) is 18.0. The van der Waals surface area contributed by atoms with E-state index in [0.29, 0.717) is 11.5 Å². The molecule has 0 fully saturated rings. The summed E-state index contributed by atoms with van der Waals surface area (Å²) in [6.45, 7) is 0. The van der Waals surface area contributed by atoms with Gasteiger partial charge in [-0.25, -0.2) is 9.97 Å². The van der Waals surface area contributed by atoms with Gasteiger partial charge in [-0.15, -0.1) is 11.3 Å². The van der Waals surface area contributed by atoms with Crippen LogP contribution in [0.3, 0.4) is 0 Å². The summed E-state index contributed by atoms with van der Waals surface area (Å²) in [6.07, 6.45) is 0. The third-order valence-corrected chi connectivity index (χ3v) is 11.8. The second-order valence-electron chi connectivity index (χ2n) is 13.3. The third kappa shape index (κ3) is 3.68. The minimum Gasteiger partial charge on any atom is -0.452 e. The van der Waals surface area contributed by atoms with Gasteiger partial charge in [-0.1, -0.05) is 121 Å². The van der Waals surface area contributed by atoms with Crippen LogP contribution in [0.15, 0.2) is 156 Å². The number of thiophene rings is 1. The Morgan fingerprint density at radius 2 is 1.20 bits per heavy atom. The van der Waals surface area contributed by atoms with Gasteiger partial charge in [-0.2, -0.15) is 0 Å². The topological polar surface area (TPSA) is 43.9 Å². The van der Waals surface area contributed by atoms with Crippen molar-refractivity contribution < 1.29 is 4.42 Å². The van der Waals surface area contributed by atoms with Gasteiger partial charge in [0.2, 0.25) is 5.95 Å². The Morgan fingerprint density at radius 3 is 2.10 bits per heavy atom. The Kier molecular flexibility index (Phi) is 5.35. The van der Waals surface area contributed by atoms with E-state index in [1.807, 2.05) is 29.5 Å². The zero-order valence-corrected chi connectivity index (χ0v) is 27.9. The number of aromatic nitrogens is 3. The highest BCUT2D eigenvalue weighted by Gasteiger charge is 2.25. The quantitative estimate of drug-likeness (QED) is 0.172. The number of hydrogen-bond donors (Lipinski definition) is 0. The average molecular weight is 668 g/mol. The zero-order valence-electron chi connectivity index (χ0n) is 27.1. The molecule has 0 saturated heterocycles. The summed E-state index contributed by atoms with van der Waals surface area (Å²) in [5.74, 6) is 0.623. The van der Waals surface area contributed by atoms with Crippen LogP contribution >= 0.6 is 11.3 Å². The standard InChI is InChI=1S/C46H25N3OS/c1-2-12-29-26(11-1)21-22-27-25-28(23-24-30(27)29)41-44-42(34-16-6-9-19-37(34)50-44)48-46(47-41)49-36-18-8-5-15-33(36)39-40-35-17-7-10-20-38(35)51-45(40)32-14-4-3-13-31(32)43(39)49/h1-25H. The first-order valence-electron chi connectivity index (χ1n) is 17.2. The molecule has 0 aliphatic rings. The molecule has 0 N–H and O–H groups in total. The SMILES string of the molecule is c1ccc2c(c1)ccc1cc(-c3nc(-n4c5ccccc5c5c6c7ccccc7sc6c6ccccc6c54)nc4c3oc3ccccc34)ccc12. The van der Waals surface area contributed by atoms with Gasteiger partial charge in [0.25, 0.3) is 0 Å². The Morgan fingerprint density at radius 1 is 0.510 bits per heavy atom. The summed E-state index contributed by atoms with van der Waals surface area (Å²) in [7, 11) is 0. The van der Waals surface area contributed by atoms with Crippen LogP contribution in [0.1, 0.15) is 0 Å². The maximum atomic E-state index is 6.60. The smallest absolute Gasteiger partial charge is 0.236 e. The lowest BCUT2D eigenvalue weighted by Crippen LogP contribution is -2.03. The molecule has 0 bridgehead atoms. The molecule has 0 spiro atoms. The molecule has 4 aromatic heterocycles. The molecule has 0 saturated carbocycles. The van der Waals surface area contributed by atoms with Crippen molar-refractivity contribution in [3.63, 3.8) is 0 Å². The van der Waals surface area contributed by atoms with Crippen molar-refractivity contribution in [2.24, 2.45) is 0 Å². The molecule has 0 aliphatic carbocycles. The highest BCUT2D eigenvalue weighted by molar-refractivity contribution is 7.27. The van der Waals surface area contributed by atoms with Gasteiger partial charge in [0.1, 0.15) is 16.8 Å². The number of benzene rings is 8. The van der Waals surface area contributed by atoms with E-state index in [1.54, 1.807) is 0 Å². The van der Waals surface area contributed by atoms with E-state index in [4.69, 9.17) is 14.4 Å². The van der Waals surface area contributed by atoms with Crippen LogP contribution in [0.2, 0.25) is 0 Å². The summed E-state index contributed by atoms with van der Waals surface area (Å²) in [4.78, 5) is 10.9. The molecule has 51 heavy (non-hydrogen) atoms. The first-order chi connectivity index (χ1) is 25.3. The molecule has 0 atom stereocenters. The van der Waals surface area contributed by atoms with Gasteiger partial charge >= 0.3 is 0 Å². The van der Waals surface area contributed by atoms with Gasteiger partial charge in [0, 0.05) is 52.7 Å². The second kappa shape index (κ2) is 10.0. The summed E-state index contributed by atoms with van der Waals surface area (Å²) in [5.41, 5.74) is 6.25. The number of fused-ring (bicyclic) bond motifs is 16. The van der Waals surface area contributed by atoms with E-state index in [2.05, 4.69) is 138 Å². The molecule has 4 nitrogen and oxygen atoms in total. The number of nitrogens with zero attached hydrogens (tertiary/aromatic N) is 3. The lowest BCUT2D eigenvalue weighted by molar-refractivity contribution is 0.666. The average Bonchev–Trinajstić information content (AvgIpc) is 3.87. The lowest BCUT2D eigenvalue weighted by atomic mass is 9.99. The van der Waals surface area contributed by atoms with Crippen LogP contribution in [0, 0.1) is 0 Å². The van der Waals surface area contributed by atoms with Gasteiger partial charge in [0.15, 0.2) is 5.58 Å². The highest BCUT2D eigenvalue weighted by Crippen LogP contribution is 2.48. The van der Waals surface area contributed by atoms with Crippen molar-refractivity contribution >= 4 is 108 Å². The molecule has 236 valence electrons. The third-order valence-electron chi connectivity index (χ3n) is 10.6. The second-order valence-corrected chi connectivity index (χ2v) is 14.3. The molecule has 12 aromatic rings. The fourth-order valence-electron chi connectivity index (χ4n) is 8.36. The largest absolute Gasteiger partial charge is 0.452 e. The predicted octanol–water partition coefficient (Wildman–Crippen LogP) is 13.0. The summed E-state index contributed by atoms with van der Waals surface area (Å²) < 4.78 is 11.5. The van der Waals surface area contributed by atoms with E-state index < -0.39 is 0 Å². The fraction of sp³-hybridized carbons (Fsp3) is 0. The summed E-state index contributed by atoms with van der Waals surface area (Å²) in [6, 6.07) is 54.0. The van der Waals surface area contributed by atoms with E-state index >= 15 is 0 Å². The summed E-state index contributed by atoms with van der Waals surface area (Å²) >= 11 is 1.87. The van der Waals surface area contributed by atoms with E-state index in [9.17, 15) is 0 Å².